The maximum atomic E-state index is 11.8. The van der Waals surface area contributed by atoms with E-state index < -0.39 is 0 Å². The SMILES string of the molecule is C=CCOc1cccc(NC(=O)C(C)C(C)N)c1. The number of rotatable bonds is 6. The highest BCUT2D eigenvalue weighted by atomic mass is 16.5. The molecule has 0 saturated heterocycles. The molecule has 0 heterocycles. The number of hydrogen-bond acceptors (Lipinski definition) is 3. The minimum absolute atomic E-state index is 0.0918. The maximum absolute atomic E-state index is 11.8. The van der Waals surface area contributed by atoms with E-state index in [0.29, 0.717) is 18.0 Å². The molecule has 1 aromatic carbocycles. The van der Waals surface area contributed by atoms with E-state index in [1.54, 1.807) is 19.1 Å². The van der Waals surface area contributed by atoms with Crippen molar-refractivity contribution < 1.29 is 9.53 Å². The van der Waals surface area contributed by atoms with Gasteiger partial charge in [0.15, 0.2) is 0 Å². The summed E-state index contributed by atoms with van der Waals surface area (Å²) in [6, 6.07) is 7.06. The zero-order chi connectivity index (χ0) is 13.5. The van der Waals surface area contributed by atoms with Crippen LogP contribution in [-0.2, 0) is 4.79 Å². The van der Waals surface area contributed by atoms with Crippen LogP contribution >= 0.6 is 0 Å². The number of nitrogens with two attached hydrogens (primary N) is 1. The lowest BCUT2D eigenvalue weighted by molar-refractivity contribution is -0.119. The second-order valence-electron chi connectivity index (χ2n) is 4.26. The molecule has 98 valence electrons. The fourth-order valence-corrected chi connectivity index (χ4v) is 1.31. The number of carbonyl (C=O) groups excluding carboxylic acids is 1. The first kappa shape index (κ1) is 14.3. The molecule has 0 aliphatic rings. The van der Waals surface area contributed by atoms with Crippen LogP contribution in [0.5, 0.6) is 5.75 Å². The number of nitrogens with one attached hydrogen (secondary N) is 1. The number of carbonyl (C=O) groups is 1. The van der Waals surface area contributed by atoms with Gasteiger partial charge in [-0.25, -0.2) is 0 Å². The summed E-state index contributed by atoms with van der Waals surface area (Å²) >= 11 is 0. The highest BCUT2D eigenvalue weighted by molar-refractivity contribution is 5.92. The van der Waals surface area contributed by atoms with E-state index in [1.165, 1.54) is 0 Å². The Morgan fingerprint density at radius 2 is 2.28 bits per heavy atom. The van der Waals surface area contributed by atoms with E-state index in [0.717, 1.165) is 0 Å². The van der Waals surface area contributed by atoms with Gasteiger partial charge in [-0.15, -0.1) is 0 Å². The number of ether oxygens (including phenoxy) is 1. The molecule has 1 rings (SSSR count). The Labute approximate surface area is 108 Å². The molecule has 1 aromatic rings. The Morgan fingerprint density at radius 1 is 1.56 bits per heavy atom. The first-order chi connectivity index (χ1) is 8.54. The third-order valence-corrected chi connectivity index (χ3v) is 2.67. The van der Waals surface area contributed by atoms with Crippen molar-refractivity contribution in [2.45, 2.75) is 19.9 Å². The summed E-state index contributed by atoms with van der Waals surface area (Å²) in [6.45, 7) is 7.64. The Bertz CT molecular complexity index is 416. The first-order valence-corrected chi connectivity index (χ1v) is 5.94. The lowest BCUT2D eigenvalue weighted by atomic mass is 10.0. The predicted octanol–water partition coefficient (Wildman–Crippen LogP) is 2.17. The standard InChI is InChI=1S/C14H20N2O2/c1-4-8-18-13-7-5-6-12(9-13)16-14(17)10(2)11(3)15/h4-7,9-11H,1,8,15H2,2-3H3,(H,16,17). The second kappa shape index (κ2) is 6.81. The quantitative estimate of drug-likeness (QED) is 0.758. The van der Waals surface area contributed by atoms with Gasteiger partial charge in [-0.2, -0.15) is 0 Å². The molecule has 2 unspecified atom stereocenters. The maximum Gasteiger partial charge on any atom is 0.228 e. The van der Waals surface area contributed by atoms with Crippen LogP contribution in [0.1, 0.15) is 13.8 Å². The molecule has 0 spiro atoms. The van der Waals surface area contributed by atoms with Crippen LogP contribution < -0.4 is 15.8 Å². The van der Waals surface area contributed by atoms with Crippen molar-refractivity contribution in [1.29, 1.82) is 0 Å². The molecule has 0 bridgehead atoms. The average molecular weight is 248 g/mol. The van der Waals surface area contributed by atoms with Gasteiger partial charge in [0, 0.05) is 17.8 Å². The van der Waals surface area contributed by atoms with Crippen LogP contribution in [-0.4, -0.2) is 18.6 Å². The Kier molecular flexibility index (Phi) is 5.39. The number of hydrogen-bond donors (Lipinski definition) is 2. The Morgan fingerprint density at radius 3 is 2.89 bits per heavy atom. The van der Waals surface area contributed by atoms with Gasteiger partial charge in [0.05, 0.1) is 5.92 Å². The Hall–Kier alpha value is -1.81. The lowest BCUT2D eigenvalue weighted by Crippen LogP contribution is -2.34. The van der Waals surface area contributed by atoms with E-state index in [2.05, 4.69) is 11.9 Å². The average Bonchev–Trinajstić information content (AvgIpc) is 2.35. The molecule has 0 aromatic heterocycles. The summed E-state index contributed by atoms with van der Waals surface area (Å²) in [6.07, 6.45) is 1.67. The van der Waals surface area contributed by atoms with Crippen LogP contribution in [0.15, 0.2) is 36.9 Å². The van der Waals surface area contributed by atoms with E-state index in [4.69, 9.17) is 10.5 Å². The van der Waals surface area contributed by atoms with E-state index in [1.807, 2.05) is 25.1 Å². The molecule has 2 atom stereocenters. The van der Waals surface area contributed by atoms with Crippen LogP contribution in [0, 0.1) is 5.92 Å². The second-order valence-corrected chi connectivity index (χ2v) is 4.26. The van der Waals surface area contributed by atoms with Crippen molar-refractivity contribution in [3.8, 4) is 5.75 Å². The summed E-state index contributed by atoms with van der Waals surface area (Å²) in [5.41, 5.74) is 6.39. The third kappa shape index (κ3) is 4.22. The summed E-state index contributed by atoms with van der Waals surface area (Å²) in [5.74, 6) is 0.370. The molecular weight excluding hydrogens is 228 g/mol. The molecule has 0 fully saturated rings. The molecular formula is C14H20N2O2. The van der Waals surface area contributed by atoms with E-state index >= 15 is 0 Å². The molecule has 0 aliphatic heterocycles. The molecule has 1 amide bonds. The van der Waals surface area contributed by atoms with Crippen molar-refractivity contribution in [2.75, 3.05) is 11.9 Å². The van der Waals surface area contributed by atoms with Crippen LogP contribution in [0.25, 0.3) is 0 Å². The van der Waals surface area contributed by atoms with E-state index in [9.17, 15) is 4.79 Å². The topological polar surface area (TPSA) is 64.3 Å². The van der Waals surface area contributed by atoms with Crippen molar-refractivity contribution >= 4 is 11.6 Å². The van der Waals surface area contributed by atoms with Gasteiger partial charge in [0.1, 0.15) is 12.4 Å². The lowest BCUT2D eigenvalue weighted by Gasteiger charge is -2.15. The van der Waals surface area contributed by atoms with Crippen LogP contribution in [0.4, 0.5) is 5.69 Å². The molecule has 18 heavy (non-hydrogen) atoms. The fourth-order valence-electron chi connectivity index (χ4n) is 1.31. The van der Waals surface area contributed by atoms with E-state index in [-0.39, 0.29) is 17.9 Å². The zero-order valence-corrected chi connectivity index (χ0v) is 10.8. The minimum atomic E-state index is -0.234. The molecule has 4 nitrogen and oxygen atoms in total. The van der Waals surface area contributed by atoms with Gasteiger partial charge in [-0.1, -0.05) is 25.6 Å². The molecule has 0 saturated carbocycles. The smallest absolute Gasteiger partial charge is 0.228 e. The van der Waals surface area contributed by atoms with Gasteiger partial charge < -0.3 is 15.8 Å². The first-order valence-electron chi connectivity index (χ1n) is 5.94. The summed E-state index contributed by atoms with van der Waals surface area (Å²) in [4.78, 5) is 11.8. The zero-order valence-electron chi connectivity index (χ0n) is 10.8. The summed E-state index contributed by atoms with van der Waals surface area (Å²) in [5, 5.41) is 2.82. The van der Waals surface area contributed by atoms with Gasteiger partial charge in [0.2, 0.25) is 5.91 Å². The largest absolute Gasteiger partial charge is 0.489 e. The highest BCUT2D eigenvalue weighted by Crippen LogP contribution is 2.18. The summed E-state index contributed by atoms with van der Waals surface area (Å²) < 4.78 is 5.39. The van der Waals surface area contributed by atoms with Gasteiger partial charge in [-0.3, -0.25) is 4.79 Å². The van der Waals surface area contributed by atoms with Crippen molar-refractivity contribution in [3.63, 3.8) is 0 Å². The Balaban J connectivity index is 2.67. The molecule has 4 heteroatoms. The molecule has 0 radical (unpaired) electrons. The van der Waals surface area contributed by atoms with Crippen molar-refractivity contribution in [3.05, 3.63) is 36.9 Å². The van der Waals surface area contributed by atoms with Gasteiger partial charge >= 0.3 is 0 Å². The molecule has 0 aliphatic carbocycles. The monoisotopic (exact) mass is 248 g/mol. The highest BCUT2D eigenvalue weighted by Gasteiger charge is 2.16. The third-order valence-electron chi connectivity index (χ3n) is 2.67. The minimum Gasteiger partial charge on any atom is -0.489 e. The number of benzene rings is 1. The fraction of sp³-hybridized carbons (Fsp3) is 0.357. The van der Waals surface area contributed by atoms with Crippen LogP contribution in [0.3, 0.4) is 0 Å². The van der Waals surface area contributed by atoms with Crippen LogP contribution in [0.2, 0.25) is 0 Å². The van der Waals surface area contributed by atoms with Gasteiger partial charge in [0.25, 0.3) is 0 Å². The normalized spacial score (nSPS) is 13.5. The van der Waals surface area contributed by atoms with Crippen molar-refractivity contribution in [2.24, 2.45) is 11.7 Å². The number of anilines is 1. The molecule has 3 N–H and O–H groups in total. The van der Waals surface area contributed by atoms with Gasteiger partial charge in [-0.05, 0) is 19.1 Å². The summed E-state index contributed by atoms with van der Waals surface area (Å²) in [7, 11) is 0. The predicted molar refractivity (Wildman–Crippen MR) is 73.6 cm³/mol. The number of amides is 1. The van der Waals surface area contributed by atoms with Crippen molar-refractivity contribution in [1.82, 2.24) is 0 Å².